The molecule has 0 saturated carbocycles. The monoisotopic (exact) mass is 1030 g/mol. The molecule has 370 valence electrons. The minimum atomic E-state index is -2.57. The summed E-state index contributed by atoms with van der Waals surface area (Å²) in [4.78, 5) is 93.6. The predicted molar refractivity (Wildman–Crippen MR) is 243 cm³/mol. The molecule has 0 aromatic heterocycles. The lowest BCUT2D eigenvalue weighted by molar-refractivity contribution is -0.358. The van der Waals surface area contributed by atoms with Crippen LogP contribution in [0.4, 0.5) is 0 Å². The van der Waals surface area contributed by atoms with Crippen molar-refractivity contribution in [2.24, 2.45) is 0 Å². The summed E-state index contributed by atoms with van der Waals surface area (Å²) >= 11 is 18.1. The first kappa shape index (κ1) is 52.8. The fourth-order valence-corrected chi connectivity index (χ4v) is 7.22. The van der Waals surface area contributed by atoms with Crippen molar-refractivity contribution in [3.8, 4) is 0 Å². The van der Waals surface area contributed by atoms with E-state index >= 15 is 0 Å². The van der Waals surface area contributed by atoms with Gasteiger partial charge in [0.05, 0.1) is 22.3 Å². The number of alkyl halides is 3. The van der Waals surface area contributed by atoms with Crippen LogP contribution in [0.15, 0.2) is 121 Å². The van der Waals surface area contributed by atoms with E-state index in [1.54, 1.807) is 60.7 Å². The Morgan fingerprint density at radius 1 is 0.443 bits per heavy atom. The number of esters is 7. The van der Waals surface area contributed by atoms with Crippen LogP contribution in [0.2, 0.25) is 0 Å². The van der Waals surface area contributed by atoms with Gasteiger partial charge in [-0.15, -0.1) is 0 Å². The Hall–Kier alpha value is -6.61. The zero-order valence-electron chi connectivity index (χ0n) is 37.2. The third kappa shape index (κ3) is 14.2. The van der Waals surface area contributed by atoms with Crippen LogP contribution in [-0.2, 0) is 66.5 Å². The van der Waals surface area contributed by atoms with E-state index in [1.165, 1.54) is 60.7 Å². The van der Waals surface area contributed by atoms with Crippen molar-refractivity contribution in [1.29, 1.82) is 5.41 Å². The summed E-state index contributed by atoms with van der Waals surface area (Å²) in [6.07, 6.45) is -18.8. The second kappa shape index (κ2) is 24.3. The summed E-state index contributed by atoms with van der Waals surface area (Å²) < 4.78 is 62.8. The third-order valence-corrected chi connectivity index (χ3v) is 10.7. The highest BCUT2D eigenvalue weighted by Gasteiger charge is 2.59. The van der Waals surface area contributed by atoms with Gasteiger partial charge in [0.1, 0.15) is 25.4 Å². The smallest absolute Gasteiger partial charge is 0.338 e. The lowest BCUT2D eigenvalue weighted by atomic mass is 9.96. The normalized spacial score (nSPS) is 24.1. The lowest BCUT2D eigenvalue weighted by Gasteiger charge is -2.48. The van der Waals surface area contributed by atoms with Gasteiger partial charge < -0.3 is 52.1 Å². The molecule has 6 rings (SSSR count). The van der Waals surface area contributed by atoms with Gasteiger partial charge in [0, 0.05) is 20.8 Å². The number of carbonyl (C=O) groups is 7. The Morgan fingerprint density at radius 2 is 0.800 bits per heavy atom. The maximum absolute atomic E-state index is 14.2. The number of nitrogens with one attached hydrogen (secondary N) is 1. The first-order valence-corrected chi connectivity index (χ1v) is 22.3. The van der Waals surface area contributed by atoms with Crippen LogP contribution in [0.1, 0.15) is 62.2 Å². The van der Waals surface area contributed by atoms with E-state index in [9.17, 15) is 33.6 Å². The molecule has 0 spiro atoms. The van der Waals surface area contributed by atoms with E-state index in [0.29, 0.717) is 0 Å². The van der Waals surface area contributed by atoms with Gasteiger partial charge in [0.15, 0.2) is 42.9 Å². The average Bonchev–Trinajstić information content (AvgIpc) is 3.33. The van der Waals surface area contributed by atoms with E-state index in [1.807, 2.05) is 0 Å². The summed E-state index contributed by atoms with van der Waals surface area (Å²) in [6.45, 7) is 1.63. The average molecular weight is 1030 g/mol. The van der Waals surface area contributed by atoms with Gasteiger partial charge in [-0.05, 0) is 48.5 Å². The number of hydrogen-bond donors (Lipinski definition) is 1. The van der Waals surface area contributed by atoms with Crippen LogP contribution in [0.5, 0.6) is 0 Å². The fraction of sp³-hybridized carbons (Fsp3) is 0.333. The predicted octanol–water partition coefficient (Wildman–Crippen LogP) is 6.15. The number of hydrogen-bond acceptors (Lipinski definition) is 19. The van der Waals surface area contributed by atoms with Gasteiger partial charge in [0.25, 0.3) is 3.79 Å². The Kier molecular flexibility index (Phi) is 18.3. The standard InChI is InChI=1S/C48H44Cl3NO18/c1-26(53)60-24-33-35(62-27(2)54)37(63-28(3)55)40(46(65-33)70-47(52)48(49,50)51)69-45-39(68-44(59)32-22-14-7-15-23-32)38(67-43(58)31-20-12-6-13-21-31)36(66-42(57)30-18-10-5-11-19-30)34(64-45)25-61-41(56)29-16-8-4-9-17-29/h4-23,33-40,45-46,52H,24-25H2,1-3H3/t33-,34-,35-,36-,37+,38+,39+,40+,45-,46-/m1/s1. The Morgan fingerprint density at radius 3 is 1.23 bits per heavy atom. The molecule has 0 unspecified atom stereocenters. The zero-order valence-corrected chi connectivity index (χ0v) is 39.5. The third-order valence-electron chi connectivity index (χ3n) is 10.2. The second-order valence-corrected chi connectivity index (χ2v) is 17.5. The van der Waals surface area contributed by atoms with Crippen molar-refractivity contribution in [2.45, 2.75) is 86.0 Å². The van der Waals surface area contributed by atoms with Gasteiger partial charge in [-0.1, -0.05) is 108 Å². The number of rotatable bonds is 16. The molecule has 0 amide bonds. The molecule has 70 heavy (non-hydrogen) atoms. The van der Waals surface area contributed by atoms with Crippen molar-refractivity contribution in [2.75, 3.05) is 13.2 Å². The van der Waals surface area contributed by atoms with Crippen LogP contribution in [0.3, 0.4) is 0 Å². The van der Waals surface area contributed by atoms with E-state index < -0.39 is 126 Å². The molecule has 19 nitrogen and oxygen atoms in total. The first-order valence-electron chi connectivity index (χ1n) is 21.2. The van der Waals surface area contributed by atoms with E-state index in [2.05, 4.69) is 0 Å². The molecule has 22 heteroatoms. The Labute approximate surface area is 414 Å². The van der Waals surface area contributed by atoms with Gasteiger partial charge in [-0.2, -0.15) is 0 Å². The van der Waals surface area contributed by atoms with Crippen molar-refractivity contribution in [3.05, 3.63) is 144 Å². The van der Waals surface area contributed by atoms with Gasteiger partial charge in [-0.25, -0.2) is 19.2 Å². The molecule has 4 aromatic rings. The van der Waals surface area contributed by atoms with E-state index in [0.717, 1.165) is 20.8 Å². The maximum Gasteiger partial charge on any atom is 0.338 e. The van der Waals surface area contributed by atoms with Crippen LogP contribution in [0.25, 0.3) is 0 Å². The summed E-state index contributed by atoms with van der Waals surface area (Å²) in [5.74, 6) is -7.81. The SMILES string of the molecule is CC(=O)OC[C@H]1O[C@H](OC(=N)C(Cl)(Cl)Cl)[C@@H](O[C@H]2O[C@H](COC(=O)c3ccccc3)[C@@H](OC(=O)c3ccccc3)[C@H](OC(=O)c3ccccc3)[C@@H]2OC(=O)c2ccccc2)[C@@H](OC(C)=O)[C@@H]1OC(C)=O. The number of halogens is 3. The summed E-state index contributed by atoms with van der Waals surface area (Å²) in [7, 11) is 0. The molecule has 1 N–H and O–H groups in total. The second-order valence-electron chi connectivity index (χ2n) is 15.3. The Balaban J connectivity index is 1.53. The topological polar surface area (TPSA) is 245 Å². The van der Waals surface area contributed by atoms with Crippen molar-refractivity contribution in [1.82, 2.24) is 0 Å². The van der Waals surface area contributed by atoms with Gasteiger partial charge >= 0.3 is 41.8 Å². The van der Waals surface area contributed by atoms with Crippen molar-refractivity contribution < 1.29 is 85.7 Å². The molecule has 2 aliphatic heterocycles. The van der Waals surface area contributed by atoms with Crippen molar-refractivity contribution >= 4 is 82.5 Å². The molecule has 2 heterocycles. The van der Waals surface area contributed by atoms with E-state index in [4.69, 9.17) is 92.3 Å². The quantitative estimate of drug-likeness (QED) is 0.0435. The maximum atomic E-state index is 14.2. The molecule has 0 bridgehead atoms. The molecule has 2 aliphatic rings. The molecule has 0 aliphatic carbocycles. The molecule has 10 atom stereocenters. The lowest BCUT2D eigenvalue weighted by Crippen LogP contribution is -2.67. The highest BCUT2D eigenvalue weighted by Crippen LogP contribution is 2.38. The minimum absolute atomic E-state index is 0.0166. The fourth-order valence-electron chi connectivity index (χ4n) is 7.09. The highest BCUT2D eigenvalue weighted by molar-refractivity contribution is 6.76. The first-order chi connectivity index (χ1) is 33.4. The Bertz CT molecular complexity index is 2480. The van der Waals surface area contributed by atoms with Crippen LogP contribution in [-0.4, -0.2) is 126 Å². The number of carbonyl (C=O) groups excluding carboxylic acids is 7. The summed E-state index contributed by atoms with van der Waals surface area (Å²) in [5.41, 5.74) is 0.0692. The molecular weight excluding hydrogens is 985 g/mol. The zero-order chi connectivity index (χ0) is 50.5. The number of benzene rings is 4. The largest absolute Gasteiger partial charge is 0.463 e. The molecule has 0 radical (unpaired) electrons. The minimum Gasteiger partial charge on any atom is -0.463 e. The highest BCUT2D eigenvalue weighted by atomic mass is 35.6. The van der Waals surface area contributed by atoms with Crippen LogP contribution in [0, 0.1) is 5.41 Å². The van der Waals surface area contributed by atoms with Gasteiger partial charge in [0.2, 0.25) is 12.2 Å². The molecule has 2 saturated heterocycles. The van der Waals surface area contributed by atoms with Crippen LogP contribution >= 0.6 is 34.8 Å². The van der Waals surface area contributed by atoms with E-state index in [-0.39, 0.29) is 22.3 Å². The van der Waals surface area contributed by atoms with Gasteiger partial charge in [-0.3, -0.25) is 19.8 Å². The molecule has 2 fully saturated rings. The van der Waals surface area contributed by atoms with Crippen LogP contribution < -0.4 is 0 Å². The molecule has 4 aromatic carbocycles. The van der Waals surface area contributed by atoms with Crippen molar-refractivity contribution in [3.63, 3.8) is 0 Å². The summed E-state index contributed by atoms with van der Waals surface area (Å²) in [5, 5.41) is 8.48. The molecular formula is C48H44Cl3NO18. The number of ether oxygens (including phenoxy) is 11. The summed E-state index contributed by atoms with van der Waals surface area (Å²) in [6, 6.07) is 30.4.